The van der Waals surface area contributed by atoms with Gasteiger partial charge in [-0.1, -0.05) is 125 Å². The molecule has 0 saturated carbocycles. The molecule has 314 valence electrons. The van der Waals surface area contributed by atoms with Crippen LogP contribution in [0.15, 0.2) is 109 Å². The second-order valence-electron chi connectivity index (χ2n) is 19.7. The summed E-state index contributed by atoms with van der Waals surface area (Å²) in [6.45, 7) is 29.4. The molecule has 0 spiro atoms. The second-order valence-corrected chi connectivity index (χ2v) is 19.7. The van der Waals surface area contributed by atoms with Crippen LogP contribution in [-0.2, 0) is 42.7 Å². The maximum atomic E-state index is 6.84. The molecule has 0 saturated heterocycles. The molecule has 5 aromatic carbocycles. The number of fused-ring (bicyclic) bond motifs is 4. The molecule has 0 unspecified atom stereocenters. The molecule has 0 aliphatic carbocycles. The monoisotopic (exact) mass is 974 g/mol. The predicted molar refractivity (Wildman–Crippen MR) is 248 cm³/mol. The first-order valence-corrected chi connectivity index (χ1v) is 21.2. The largest absolute Gasteiger partial charge is 0.509 e. The van der Waals surface area contributed by atoms with Crippen LogP contribution in [0.2, 0.25) is 0 Å². The molecule has 5 nitrogen and oxygen atoms in total. The van der Waals surface area contributed by atoms with Gasteiger partial charge in [0.05, 0.1) is 0 Å². The fourth-order valence-corrected chi connectivity index (χ4v) is 8.16. The zero-order chi connectivity index (χ0) is 42.1. The first-order valence-electron chi connectivity index (χ1n) is 21.2. The van der Waals surface area contributed by atoms with Crippen molar-refractivity contribution >= 4 is 44.6 Å². The number of aromatic nitrogens is 2. The predicted octanol–water partition coefficient (Wildman–Crippen LogP) is 14.9. The van der Waals surface area contributed by atoms with Gasteiger partial charge in [0.25, 0.3) is 0 Å². The number of para-hydroxylation sites is 2. The van der Waals surface area contributed by atoms with E-state index in [1.807, 2.05) is 12.3 Å². The Kier molecular flexibility index (Phi) is 11.4. The Morgan fingerprint density at radius 2 is 1.23 bits per heavy atom. The smallest absolute Gasteiger partial charge is 0.135 e. The van der Waals surface area contributed by atoms with Crippen LogP contribution in [-0.4, -0.2) is 9.55 Å². The Balaban J connectivity index is 0.00000544. The second kappa shape index (κ2) is 15.9. The molecule has 2 aromatic heterocycles. The molecular formula is C54H59N4OPt-3. The molecule has 1 aliphatic heterocycles. The molecule has 0 bridgehead atoms. The van der Waals surface area contributed by atoms with E-state index in [1.54, 1.807) is 0 Å². The average Bonchev–Trinajstić information content (AvgIpc) is 3.75. The summed E-state index contributed by atoms with van der Waals surface area (Å²) < 4.78 is 9.10. The number of ether oxygens (including phenoxy) is 1. The molecule has 0 fully saturated rings. The van der Waals surface area contributed by atoms with Crippen molar-refractivity contribution in [2.24, 2.45) is 0 Å². The van der Waals surface area contributed by atoms with Gasteiger partial charge in [-0.05, 0) is 99.0 Å². The number of nitrogens with zero attached hydrogens (tertiary/aromatic N) is 4. The van der Waals surface area contributed by atoms with Crippen LogP contribution < -0.4 is 14.5 Å². The molecule has 0 atom stereocenters. The fraction of sp³-hybridized carbons (Fsp3) is 0.333. The normalized spacial score (nSPS) is 13.5. The van der Waals surface area contributed by atoms with Crippen molar-refractivity contribution in [2.45, 2.75) is 118 Å². The van der Waals surface area contributed by atoms with E-state index < -0.39 is 0 Å². The fourth-order valence-electron chi connectivity index (χ4n) is 8.16. The van der Waals surface area contributed by atoms with E-state index in [1.165, 1.54) is 16.7 Å². The third-order valence-corrected chi connectivity index (χ3v) is 12.5. The summed E-state index contributed by atoms with van der Waals surface area (Å²) in [7, 11) is 0. The van der Waals surface area contributed by atoms with Crippen LogP contribution in [0.5, 0.6) is 11.5 Å². The van der Waals surface area contributed by atoms with Crippen molar-refractivity contribution in [1.82, 2.24) is 9.55 Å². The summed E-state index contributed by atoms with van der Waals surface area (Å²) in [5.74, 6) is 2.13. The van der Waals surface area contributed by atoms with Crippen molar-refractivity contribution < 1.29 is 25.8 Å². The van der Waals surface area contributed by atoms with E-state index >= 15 is 0 Å². The SMILES string of the molecule is CCC(C)(CC)c1cccc(N2[CH-]N(c3[c-]c(Oc4[c-]c5c(cc4)c4ccc(C(C)(C)C)cc4n5-c4cc(C(C)(C)C)ccn4)cc(C(C)(C)C)c3)c3ccccc32)c1.[Pt]. The summed E-state index contributed by atoms with van der Waals surface area (Å²) in [4.78, 5) is 9.50. The van der Waals surface area contributed by atoms with Gasteiger partial charge in [0.2, 0.25) is 0 Å². The van der Waals surface area contributed by atoms with Gasteiger partial charge in [0, 0.05) is 61.3 Å². The average molecular weight is 975 g/mol. The van der Waals surface area contributed by atoms with E-state index in [-0.39, 0.29) is 42.7 Å². The molecule has 1 aliphatic rings. The zero-order valence-corrected chi connectivity index (χ0v) is 39.7. The number of anilines is 4. The van der Waals surface area contributed by atoms with Crippen molar-refractivity contribution in [1.29, 1.82) is 0 Å². The molecule has 0 amide bonds. The van der Waals surface area contributed by atoms with E-state index in [0.717, 1.165) is 68.8 Å². The van der Waals surface area contributed by atoms with Gasteiger partial charge in [0.1, 0.15) is 5.82 Å². The molecule has 60 heavy (non-hydrogen) atoms. The van der Waals surface area contributed by atoms with Gasteiger partial charge in [-0.15, -0.1) is 53.6 Å². The zero-order valence-electron chi connectivity index (χ0n) is 37.4. The summed E-state index contributed by atoms with van der Waals surface area (Å²) in [6.07, 6.45) is 4.10. The summed E-state index contributed by atoms with van der Waals surface area (Å²) in [5, 5.41) is 2.27. The molecule has 6 heteroatoms. The van der Waals surface area contributed by atoms with Crippen molar-refractivity contribution in [3.8, 4) is 17.3 Å². The van der Waals surface area contributed by atoms with Crippen molar-refractivity contribution in [3.63, 3.8) is 0 Å². The van der Waals surface area contributed by atoms with Crippen LogP contribution in [0.1, 0.15) is 118 Å². The van der Waals surface area contributed by atoms with Crippen LogP contribution >= 0.6 is 0 Å². The van der Waals surface area contributed by atoms with Gasteiger partial charge < -0.3 is 19.1 Å². The molecule has 0 radical (unpaired) electrons. The minimum Gasteiger partial charge on any atom is -0.509 e. The van der Waals surface area contributed by atoms with Gasteiger partial charge in [0.15, 0.2) is 0 Å². The number of rotatable bonds is 8. The van der Waals surface area contributed by atoms with E-state index in [2.05, 4.69) is 213 Å². The summed E-state index contributed by atoms with van der Waals surface area (Å²) in [6, 6.07) is 44.8. The van der Waals surface area contributed by atoms with Crippen LogP contribution in [0.3, 0.4) is 0 Å². The van der Waals surface area contributed by atoms with Crippen LogP contribution in [0.25, 0.3) is 27.6 Å². The quantitative estimate of drug-likeness (QED) is 0.142. The Morgan fingerprint density at radius 3 is 1.90 bits per heavy atom. The van der Waals surface area contributed by atoms with E-state index in [9.17, 15) is 0 Å². The Bertz CT molecular complexity index is 2680. The number of benzene rings is 5. The number of hydrogen-bond acceptors (Lipinski definition) is 4. The molecule has 0 N–H and O–H groups in total. The standard InChI is InChI=1S/C54H59N4O.Pt/c1-13-54(12,14-2)38-18-17-19-40(28-38)56-35-57(47-21-16-15-20-46(47)56)41-29-39(53(9,10)11)30-43(33-41)59-42-23-25-45-44-24-22-36(51(3,4)5)31-48(44)58(49(45)34-42)50-32-37(26-27-55-50)52(6,7)8;/h15-32,35H,13-14H2,1-12H3;/q-3;. The van der Waals surface area contributed by atoms with E-state index in [4.69, 9.17) is 9.72 Å². The topological polar surface area (TPSA) is 33.5 Å². The van der Waals surface area contributed by atoms with Crippen molar-refractivity contribution in [2.75, 3.05) is 9.80 Å². The van der Waals surface area contributed by atoms with Gasteiger partial charge in [-0.3, -0.25) is 0 Å². The maximum Gasteiger partial charge on any atom is 0.135 e. The van der Waals surface area contributed by atoms with Gasteiger partial charge in [-0.2, -0.15) is 6.07 Å². The minimum atomic E-state index is -0.144. The maximum absolute atomic E-state index is 6.84. The first kappa shape index (κ1) is 43.2. The number of pyridine rings is 1. The number of hydrogen-bond donors (Lipinski definition) is 0. The van der Waals surface area contributed by atoms with Crippen molar-refractivity contribution in [3.05, 3.63) is 150 Å². The molecular weight excluding hydrogens is 916 g/mol. The Morgan fingerprint density at radius 1 is 0.583 bits per heavy atom. The van der Waals surface area contributed by atoms with Crippen LogP contribution in [0, 0.1) is 18.8 Å². The molecule has 7 aromatic rings. The summed E-state index contributed by atoms with van der Waals surface area (Å²) >= 11 is 0. The molecule has 8 rings (SSSR count). The minimum absolute atomic E-state index is 0. The first-order chi connectivity index (χ1) is 27.9. The summed E-state index contributed by atoms with van der Waals surface area (Å²) in [5.41, 5.74) is 11.3. The Hall–Kier alpha value is -4.86. The Labute approximate surface area is 373 Å². The van der Waals surface area contributed by atoms with Gasteiger partial charge >= 0.3 is 0 Å². The molecule has 3 heterocycles. The third-order valence-electron chi connectivity index (χ3n) is 12.5. The van der Waals surface area contributed by atoms with Crippen LogP contribution in [0.4, 0.5) is 22.7 Å². The van der Waals surface area contributed by atoms with E-state index in [0.29, 0.717) is 11.5 Å². The van der Waals surface area contributed by atoms with Gasteiger partial charge in [-0.25, -0.2) is 4.98 Å². The third kappa shape index (κ3) is 8.03.